The van der Waals surface area contributed by atoms with Gasteiger partial charge in [-0.3, -0.25) is 24.7 Å². The second kappa shape index (κ2) is 9.82. The van der Waals surface area contributed by atoms with Crippen LogP contribution in [0.1, 0.15) is 17.5 Å². The minimum atomic E-state index is -0.435. The summed E-state index contributed by atoms with van der Waals surface area (Å²) in [5.41, 5.74) is 2.19. The summed E-state index contributed by atoms with van der Waals surface area (Å²) in [5.74, 6) is -0.153. The fourth-order valence-corrected chi connectivity index (χ4v) is 3.66. The van der Waals surface area contributed by atoms with Crippen LogP contribution in [0.5, 0.6) is 0 Å². The zero-order valence-corrected chi connectivity index (χ0v) is 17.2. The van der Waals surface area contributed by atoms with Crippen LogP contribution in [0.3, 0.4) is 0 Å². The van der Waals surface area contributed by atoms with Gasteiger partial charge in [-0.1, -0.05) is 29.8 Å². The maximum absolute atomic E-state index is 12.5. The van der Waals surface area contributed by atoms with Gasteiger partial charge >= 0.3 is 0 Å². The summed E-state index contributed by atoms with van der Waals surface area (Å²) >= 11 is 5.95. The highest BCUT2D eigenvalue weighted by Gasteiger charge is 2.19. The molecular weight excluding hydrogens is 392 g/mol. The number of hydrogen-bond donors (Lipinski definition) is 1. The lowest BCUT2D eigenvalue weighted by molar-refractivity contribution is -0.385. The predicted molar refractivity (Wildman–Crippen MR) is 114 cm³/mol. The van der Waals surface area contributed by atoms with Gasteiger partial charge in [0.2, 0.25) is 5.91 Å². The summed E-state index contributed by atoms with van der Waals surface area (Å²) in [5, 5.41) is 14.6. The van der Waals surface area contributed by atoms with Gasteiger partial charge in [-0.25, -0.2) is 0 Å². The minimum absolute atomic E-state index is 0.00964. The molecular formula is C21H25ClN4O3. The minimum Gasteiger partial charge on any atom is -0.324 e. The first-order chi connectivity index (χ1) is 13.9. The van der Waals surface area contributed by atoms with E-state index in [2.05, 4.69) is 15.1 Å². The Morgan fingerprint density at radius 2 is 1.79 bits per heavy atom. The predicted octanol–water partition coefficient (Wildman–Crippen LogP) is 3.70. The van der Waals surface area contributed by atoms with Crippen LogP contribution in [-0.4, -0.2) is 53.4 Å². The highest BCUT2D eigenvalue weighted by molar-refractivity contribution is 6.30. The molecule has 1 aliphatic rings. The van der Waals surface area contributed by atoms with Crippen molar-refractivity contribution in [1.82, 2.24) is 9.80 Å². The molecule has 2 aromatic carbocycles. The molecule has 0 unspecified atom stereocenters. The van der Waals surface area contributed by atoms with Crippen molar-refractivity contribution in [3.05, 3.63) is 68.7 Å². The summed E-state index contributed by atoms with van der Waals surface area (Å²) in [7, 11) is 0. The molecule has 1 amide bonds. The molecule has 1 fully saturated rings. The Labute approximate surface area is 175 Å². The van der Waals surface area contributed by atoms with Crippen LogP contribution in [0.2, 0.25) is 5.02 Å². The smallest absolute Gasteiger partial charge is 0.274 e. The summed E-state index contributed by atoms with van der Waals surface area (Å²) < 4.78 is 0. The van der Waals surface area contributed by atoms with E-state index >= 15 is 0 Å². The van der Waals surface area contributed by atoms with E-state index in [4.69, 9.17) is 11.6 Å². The number of nitro groups is 1. The maximum Gasteiger partial charge on any atom is 0.274 e. The van der Waals surface area contributed by atoms with E-state index in [0.29, 0.717) is 11.3 Å². The van der Waals surface area contributed by atoms with E-state index in [9.17, 15) is 14.9 Å². The first kappa shape index (κ1) is 21.2. The van der Waals surface area contributed by atoms with Crippen molar-refractivity contribution in [2.24, 2.45) is 0 Å². The van der Waals surface area contributed by atoms with Gasteiger partial charge in [-0.05, 0) is 50.2 Å². The molecule has 0 atom stereocenters. The molecule has 0 aromatic heterocycles. The SMILES string of the molecule is Cc1c(NC(=O)CN2CCCN(Cc3ccc(Cl)cc3)CC2)cccc1[N+](=O)[O-]. The molecule has 8 heteroatoms. The summed E-state index contributed by atoms with van der Waals surface area (Å²) in [4.78, 5) is 27.6. The van der Waals surface area contributed by atoms with Gasteiger partial charge in [-0.15, -0.1) is 0 Å². The zero-order chi connectivity index (χ0) is 20.8. The van der Waals surface area contributed by atoms with E-state index in [1.165, 1.54) is 11.6 Å². The molecule has 0 aliphatic carbocycles. The highest BCUT2D eigenvalue weighted by atomic mass is 35.5. The number of rotatable bonds is 6. The molecule has 1 saturated heterocycles. The van der Waals surface area contributed by atoms with Gasteiger partial charge in [-0.2, -0.15) is 0 Å². The number of halogens is 1. The van der Waals surface area contributed by atoms with Crippen molar-refractivity contribution in [2.45, 2.75) is 19.9 Å². The maximum atomic E-state index is 12.5. The number of carbonyl (C=O) groups is 1. The third kappa shape index (κ3) is 6.00. The topological polar surface area (TPSA) is 78.7 Å². The van der Waals surface area contributed by atoms with Crippen LogP contribution < -0.4 is 5.32 Å². The number of nitro benzene ring substituents is 1. The molecule has 154 valence electrons. The molecule has 0 radical (unpaired) electrons. The van der Waals surface area contributed by atoms with Crippen LogP contribution in [0.4, 0.5) is 11.4 Å². The Balaban J connectivity index is 1.52. The molecule has 1 aliphatic heterocycles. The number of nitrogens with zero attached hydrogens (tertiary/aromatic N) is 3. The number of anilines is 1. The molecule has 29 heavy (non-hydrogen) atoms. The van der Waals surface area contributed by atoms with Crippen LogP contribution >= 0.6 is 11.6 Å². The van der Waals surface area contributed by atoms with Gasteiger partial charge in [0.15, 0.2) is 0 Å². The molecule has 0 bridgehead atoms. The average Bonchev–Trinajstić information content (AvgIpc) is 2.90. The number of nitrogens with one attached hydrogen (secondary N) is 1. The van der Waals surface area contributed by atoms with Crippen LogP contribution in [0, 0.1) is 17.0 Å². The van der Waals surface area contributed by atoms with Crippen molar-refractivity contribution in [1.29, 1.82) is 0 Å². The largest absolute Gasteiger partial charge is 0.324 e. The van der Waals surface area contributed by atoms with Crippen LogP contribution in [0.25, 0.3) is 0 Å². The molecule has 7 nitrogen and oxygen atoms in total. The van der Waals surface area contributed by atoms with Gasteiger partial charge < -0.3 is 5.32 Å². The van der Waals surface area contributed by atoms with Gasteiger partial charge in [0.1, 0.15) is 0 Å². The highest BCUT2D eigenvalue weighted by Crippen LogP contribution is 2.25. The van der Waals surface area contributed by atoms with Gasteiger partial charge in [0.05, 0.1) is 22.7 Å². The number of carbonyl (C=O) groups excluding carboxylic acids is 1. The zero-order valence-electron chi connectivity index (χ0n) is 16.4. The monoisotopic (exact) mass is 416 g/mol. The van der Waals surface area contributed by atoms with E-state index in [1.807, 2.05) is 24.3 Å². The summed E-state index contributed by atoms with van der Waals surface area (Å²) in [6, 6.07) is 12.6. The van der Waals surface area contributed by atoms with E-state index in [1.54, 1.807) is 19.1 Å². The summed E-state index contributed by atoms with van der Waals surface area (Å²) in [6.07, 6.45) is 0.983. The molecule has 2 aromatic rings. The quantitative estimate of drug-likeness (QED) is 0.573. The molecule has 1 heterocycles. The first-order valence-electron chi connectivity index (χ1n) is 9.65. The lowest BCUT2D eigenvalue weighted by Gasteiger charge is -2.21. The molecule has 1 N–H and O–H groups in total. The Kier molecular flexibility index (Phi) is 7.19. The lowest BCUT2D eigenvalue weighted by Crippen LogP contribution is -2.36. The fraction of sp³-hybridized carbons (Fsp3) is 0.381. The summed E-state index contributed by atoms with van der Waals surface area (Å²) in [6.45, 7) is 6.29. The van der Waals surface area contributed by atoms with E-state index in [-0.39, 0.29) is 18.1 Å². The second-order valence-corrected chi connectivity index (χ2v) is 7.72. The van der Waals surface area contributed by atoms with Crippen molar-refractivity contribution < 1.29 is 9.72 Å². The normalized spacial score (nSPS) is 15.7. The molecule has 0 saturated carbocycles. The van der Waals surface area contributed by atoms with Gasteiger partial charge in [0.25, 0.3) is 5.69 Å². The fourth-order valence-electron chi connectivity index (χ4n) is 3.54. The Morgan fingerprint density at radius 3 is 2.52 bits per heavy atom. The second-order valence-electron chi connectivity index (χ2n) is 7.29. The van der Waals surface area contributed by atoms with Crippen molar-refractivity contribution >= 4 is 28.9 Å². The lowest BCUT2D eigenvalue weighted by atomic mass is 10.1. The Hall–Kier alpha value is -2.48. The number of benzene rings is 2. The first-order valence-corrected chi connectivity index (χ1v) is 10.0. The van der Waals surface area contributed by atoms with E-state index in [0.717, 1.165) is 44.2 Å². The average molecular weight is 417 g/mol. The number of amides is 1. The molecule has 0 spiro atoms. The third-order valence-electron chi connectivity index (χ3n) is 5.14. The van der Waals surface area contributed by atoms with E-state index < -0.39 is 4.92 Å². The Morgan fingerprint density at radius 1 is 1.10 bits per heavy atom. The van der Waals surface area contributed by atoms with Crippen LogP contribution in [-0.2, 0) is 11.3 Å². The standard InChI is InChI=1S/C21H25ClN4O3/c1-16-19(4-2-5-20(16)26(28)29)23-21(27)15-25-11-3-10-24(12-13-25)14-17-6-8-18(22)9-7-17/h2,4-9H,3,10-15H2,1H3,(H,23,27). The van der Waals surface area contributed by atoms with Gasteiger partial charge in [0, 0.05) is 30.7 Å². The number of hydrogen-bond acceptors (Lipinski definition) is 5. The van der Waals surface area contributed by atoms with Crippen molar-refractivity contribution in [3.63, 3.8) is 0 Å². The third-order valence-corrected chi connectivity index (χ3v) is 5.40. The van der Waals surface area contributed by atoms with Crippen molar-refractivity contribution in [3.8, 4) is 0 Å². The van der Waals surface area contributed by atoms with Crippen molar-refractivity contribution in [2.75, 3.05) is 38.0 Å². The van der Waals surface area contributed by atoms with Crippen LogP contribution in [0.15, 0.2) is 42.5 Å². The molecule has 3 rings (SSSR count). The Bertz CT molecular complexity index is 873.